The van der Waals surface area contributed by atoms with Gasteiger partial charge in [0.05, 0.1) is 0 Å². The molecule has 4 amide bonds. The molecule has 2 fully saturated rings. The summed E-state index contributed by atoms with van der Waals surface area (Å²) in [5.41, 5.74) is 1.18. The number of nitrogens with one attached hydrogen (secondary N) is 2. The van der Waals surface area contributed by atoms with Crippen LogP contribution in [0.25, 0.3) is 0 Å². The van der Waals surface area contributed by atoms with Gasteiger partial charge < -0.3 is 15.5 Å². The van der Waals surface area contributed by atoms with Crippen molar-refractivity contribution >= 4 is 23.5 Å². The zero-order valence-electron chi connectivity index (χ0n) is 13.4. The fraction of sp³-hybridized carbons (Fsp3) is 0.471. The Labute approximate surface area is 140 Å². The number of anilines is 1. The van der Waals surface area contributed by atoms with Crippen LogP contribution in [0, 0.1) is 0 Å². The van der Waals surface area contributed by atoms with Crippen LogP contribution >= 0.6 is 0 Å². The largest absolute Gasteiger partial charge is 0.325 e. The summed E-state index contributed by atoms with van der Waals surface area (Å²) in [6.07, 6.45) is 1.93. The highest BCUT2D eigenvalue weighted by Crippen LogP contribution is 2.29. The van der Waals surface area contributed by atoms with Crippen molar-refractivity contribution in [1.29, 1.82) is 0 Å². The minimum Gasteiger partial charge on any atom is -0.323 e. The van der Waals surface area contributed by atoms with Crippen molar-refractivity contribution in [3.63, 3.8) is 0 Å². The zero-order valence-corrected chi connectivity index (χ0v) is 13.4. The maximum absolute atomic E-state index is 12.7. The lowest BCUT2D eigenvalue weighted by atomic mass is 9.88. The van der Waals surface area contributed by atoms with Crippen molar-refractivity contribution < 1.29 is 14.4 Å². The Hall–Kier alpha value is -2.41. The van der Waals surface area contributed by atoms with Crippen molar-refractivity contribution in [2.24, 2.45) is 0 Å². The number of piperidine rings is 1. The summed E-state index contributed by atoms with van der Waals surface area (Å²) < 4.78 is 0. The quantitative estimate of drug-likeness (QED) is 0.763. The second kappa shape index (κ2) is 5.59. The number of hydrogen-bond donors (Lipinski definition) is 2. The van der Waals surface area contributed by atoms with Gasteiger partial charge in [-0.25, -0.2) is 4.79 Å². The highest BCUT2D eigenvalue weighted by molar-refractivity contribution is 6.10. The van der Waals surface area contributed by atoms with Crippen molar-refractivity contribution in [3.8, 4) is 0 Å². The van der Waals surface area contributed by atoms with Crippen LogP contribution in [-0.4, -0.2) is 54.5 Å². The fourth-order valence-corrected chi connectivity index (χ4v) is 3.83. The zero-order chi connectivity index (χ0) is 16.7. The number of carbonyl (C=O) groups is 3. The van der Waals surface area contributed by atoms with E-state index in [4.69, 9.17) is 0 Å². The van der Waals surface area contributed by atoms with Gasteiger partial charge in [-0.2, -0.15) is 0 Å². The van der Waals surface area contributed by atoms with E-state index < -0.39 is 11.6 Å². The number of imide groups is 1. The van der Waals surface area contributed by atoms with Crippen LogP contribution in [0.1, 0.15) is 18.4 Å². The third-order valence-corrected chi connectivity index (χ3v) is 5.18. The summed E-state index contributed by atoms with van der Waals surface area (Å²) in [5.74, 6) is -0.482. The fourth-order valence-electron chi connectivity index (χ4n) is 3.83. The van der Waals surface area contributed by atoms with E-state index in [2.05, 4.69) is 10.6 Å². The number of carbonyl (C=O) groups excluding carboxylic acids is 3. The molecule has 3 aliphatic heterocycles. The van der Waals surface area contributed by atoms with Gasteiger partial charge in [-0.3, -0.25) is 14.5 Å². The van der Waals surface area contributed by atoms with Crippen LogP contribution in [-0.2, 0) is 16.0 Å². The first-order chi connectivity index (χ1) is 11.6. The van der Waals surface area contributed by atoms with E-state index in [1.54, 1.807) is 4.90 Å². The predicted octanol–water partition coefficient (Wildman–Crippen LogP) is 0.250. The summed E-state index contributed by atoms with van der Waals surface area (Å²) >= 11 is 0. The Morgan fingerprint density at radius 3 is 2.71 bits per heavy atom. The molecule has 0 atom stereocenters. The van der Waals surface area contributed by atoms with Crippen molar-refractivity contribution in [3.05, 3.63) is 29.8 Å². The average molecular weight is 328 g/mol. The van der Waals surface area contributed by atoms with Crippen molar-refractivity contribution in [2.75, 3.05) is 31.1 Å². The van der Waals surface area contributed by atoms with Gasteiger partial charge >= 0.3 is 6.03 Å². The standard InChI is InChI=1S/C17H20N4O3/c22-14(20-10-5-12-3-1-2-4-13(12)20)11-21-15(23)17(19-16(21)24)6-8-18-9-7-17/h1-4,18H,5-11H2,(H,19,24). The van der Waals surface area contributed by atoms with E-state index in [1.165, 1.54) is 0 Å². The summed E-state index contributed by atoms with van der Waals surface area (Å²) in [6.45, 7) is 1.77. The van der Waals surface area contributed by atoms with E-state index in [0.717, 1.165) is 22.6 Å². The van der Waals surface area contributed by atoms with Crippen LogP contribution in [0.4, 0.5) is 10.5 Å². The van der Waals surface area contributed by atoms with Crippen molar-refractivity contribution in [2.45, 2.75) is 24.8 Å². The van der Waals surface area contributed by atoms with E-state index >= 15 is 0 Å². The second-order valence-corrected chi connectivity index (χ2v) is 6.58. The van der Waals surface area contributed by atoms with E-state index in [9.17, 15) is 14.4 Å². The molecule has 3 heterocycles. The SMILES string of the molecule is O=C1NC2(CCNCC2)C(=O)N1CC(=O)N1CCc2ccccc21. The number of amides is 4. The summed E-state index contributed by atoms with van der Waals surface area (Å²) in [6, 6.07) is 7.29. The first-order valence-electron chi connectivity index (χ1n) is 8.34. The minimum atomic E-state index is -0.828. The highest BCUT2D eigenvalue weighted by atomic mass is 16.2. The smallest absolute Gasteiger partial charge is 0.323 e. The number of rotatable bonds is 2. The lowest BCUT2D eigenvalue weighted by molar-refractivity contribution is -0.135. The minimum absolute atomic E-state index is 0.200. The number of hydrogen-bond acceptors (Lipinski definition) is 4. The molecule has 3 aliphatic rings. The average Bonchev–Trinajstić information content (AvgIpc) is 3.11. The van der Waals surface area contributed by atoms with Crippen LogP contribution < -0.4 is 15.5 Å². The molecule has 2 saturated heterocycles. The summed E-state index contributed by atoms with van der Waals surface area (Å²) in [4.78, 5) is 40.4. The Balaban J connectivity index is 1.50. The third kappa shape index (κ3) is 2.27. The Kier molecular flexibility index (Phi) is 3.53. The molecule has 0 bridgehead atoms. The first-order valence-corrected chi connectivity index (χ1v) is 8.34. The van der Waals surface area contributed by atoms with Gasteiger partial charge in [-0.15, -0.1) is 0 Å². The highest BCUT2D eigenvalue weighted by Gasteiger charge is 2.52. The maximum atomic E-state index is 12.7. The van der Waals surface area contributed by atoms with Gasteiger partial charge in [0.1, 0.15) is 12.1 Å². The van der Waals surface area contributed by atoms with Gasteiger partial charge in [0, 0.05) is 12.2 Å². The number of nitrogens with zero attached hydrogens (tertiary/aromatic N) is 2. The van der Waals surface area contributed by atoms with Crippen molar-refractivity contribution in [1.82, 2.24) is 15.5 Å². The molecule has 0 unspecified atom stereocenters. The van der Waals surface area contributed by atoms with Crippen LogP contribution in [0.2, 0.25) is 0 Å². The topological polar surface area (TPSA) is 81.8 Å². The van der Waals surface area contributed by atoms with Gasteiger partial charge in [-0.05, 0) is 44.0 Å². The second-order valence-electron chi connectivity index (χ2n) is 6.58. The molecule has 0 aromatic heterocycles. The molecule has 1 spiro atoms. The van der Waals surface area contributed by atoms with Crippen LogP contribution in [0.3, 0.4) is 0 Å². The molecule has 126 valence electrons. The molecule has 0 aliphatic carbocycles. The molecule has 0 saturated carbocycles. The molecule has 7 nitrogen and oxygen atoms in total. The molecule has 7 heteroatoms. The summed E-state index contributed by atoms with van der Waals surface area (Å²) in [5, 5.41) is 6.00. The monoisotopic (exact) mass is 328 g/mol. The van der Waals surface area contributed by atoms with Crippen LogP contribution in [0.5, 0.6) is 0 Å². The number of fused-ring (bicyclic) bond motifs is 1. The summed E-state index contributed by atoms with van der Waals surface area (Å²) in [7, 11) is 0. The normalized spacial score (nSPS) is 22.0. The molecule has 4 rings (SSSR count). The van der Waals surface area contributed by atoms with E-state index in [0.29, 0.717) is 32.5 Å². The van der Waals surface area contributed by atoms with E-state index in [1.807, 2.05) is 24.3 Å². The van der Waals surface area contributed by atoms with Gasteiger partial charge in [-0.1, -0.05) is 18.2 Å². The molecule has 24 heavy (non-hydrogen) atoms. The molecular formula is C17H20N4O3. The first kappa shape index (κ1) is 15.1. The molecule has 0 radical (unpaired) electrons. The Morgan fingerprint density at radius 2 is 1.92 bits per heavy atom. The Bertz CT molecular complexity index is 712. The molecule has 1 aromatic rings. The van der Waals surface area contributed by atoms with Crippen LogP contribution in [0.15, 0.2) is 24.3 Å². The lowest BCUT2D eigenvalue weighted by Crippen LogP contribution is -2.54. The van der Waals surface area contributed by atoms with Gasteiger partial charge in [0.2, 0.25) is 5.91 Å². The predicted molar refractivity (Wildman–Crippen MR) is 87.6 cm³/mol. The Morgan fingerprint density at radius 1 is 1.17 bits per heavy atom. The number of benzene rings is 1. The lowest BCUT2D eigenvalue weighted by Gasteiger charge is -2.31. The number of para-hydroxylation sites is 1. The van der Waals surface area contributed by atoms with Gasteiger partial charge in [0.25, 0.3) is 5.91 Å². The van der Waals surface area contributed by atoms with E-state index in [-0.39, 0.29) is 18.4 Å². The molecule has 2 N–H and O–H groups in total. The number of urea groups is 1. The molecular weight excluding hydrogens is 308 g/mol. The molecule has 1 aromatic carbocycles. The third-order valence-electron chi connectivity index (χ3n) is 5.18. The van der Waals surface area contributed by atoms with Gasteiger partial charge in [0.15, 0.2) is 0 Å². The maximum Gasteiger partial charge on any atom is 0.325 e.